The summed E-state index contributed by atoms with van der Waals surface area (Å²) in [6.45, 7) is 0. The van der Waals surface area contributed by atoms with Crippen LogP contribution < -0.4 is 5.73 Å². The molecule has 0 saturated carbocycles. The first-order valence-electron chi connectivity index (χ1n) is 6.37. The predicted octanol–water partition coefficient (Wildman–Crippen LogP) is 2.75. The van der Waals surface area contributed by atoms with Gasteiger partial charge in [0.1, 0.15) is 5.52 Å². The highest BCUT2D eigenvalue weighted by molar-refractivity contribution is 7.98. The van der Waals surface area contributed by atoms with Gasteiger partial charge in [0.15, 0.2) is 16.4 Å². The smallest absolute Gasteiger partial charge is 0.205 e. The number of thioether (sulfide) groups is 1. The first-order chi connectivity index (χ1) is 10.3. The molecule has 0 aliphatic heterocycles. The number of nitrogen functional groups attached to an aromatic ring is 1. The van der Waals surface area contributed by atoms with Crippen LogP contribution in [0.4, 0.5) is 5.69 Å². The van der Waals surface area contributed by atoms with Crippen LogP contribution in [0.25, 0.3) is 16.7 Å². The molecule has 6 nitrogen and oxygen atoms in total. The van der Waals surface area contributed by atoms with Gasteiger partial charge < -0.3 is 10.2 Å². The van der Waals surface area contributed by atoms with E-state index in [1.807, 2.05) is 40.9 Å². The average Bonchev–Trinajstić information content (AvgIpc) is 3.08. The molecule has 0 aliphatic rings. The van der Waals surface area contributed by atoms with E-state index < -0.39 is 0 Å². The highest BCUT2D eigenvalue weighted by Crippen LogP contribution is 2.24. The second kappa shape index (κ2) is 4.78. The monoisotopic (exact) mass is 297 g/mol. The molecule has 0 atom stereocenters. The number of oxazole rings is 1. The Morgan fingerprint density at radius 3 is 3.10 bits per heavy atom. The van der Waals surface area contributed by atoms with Crippen LogP contribution in [0.3, 0.4) is 0 Å². The van der Waals surface area contributed by atoms with Crippen molar-refractivity contribution in [2.45, 2.75) is 10.9 Å². The largest absolute Gasteiger partial charge is 0.440 e. The lowest BCUT2D eigenvalue weighted by atomic mass is 10.3. The number of aromatic nitrogens is 4. The van der Waals surface area contributed by atoms with E-state index in [1.165, 1.54) is 11.8 Å². The van der Waals surface area contributed by atoms with Crippen LogP contribution in [0.1, 0.15) is 5.89 Å². The van der Waals surface area contributed by atoms with E-state index in [9.17, 15) is 0 Å². The summed E-state index contributed by atoms with van der Waals surface area (Å²) in [6.07, 6.45) is 1.93. The summed E-state index contributed by atoms with van der Waals surface area (Å²) in [5.41, 5.74) is 8.74. The summed E-state index contributed by atoms with van der Waals surface area (Å²) in [4.78, 5) is 4.43. The SMILES string of the molecule is Nc1ccc2nc(CSc3nnc4ccccn34)oc2c1. The number of anilines is 1. The Balaban J connectivity index is 1.60. The zero-order valence-electron chi connectivity index (χ0n) is 10.9. The molecule has 3 aromatic heterocycles. The fourth-order valence-electron chi connectivity index (χ4n) is 2.09. The van der Waals surface area contributed by atoms with E-state index in [2.05, 4.69) is 15.2 Å². The van der Waals surface area contributed by atoms with Crippen molar-refractivity contribution in [3.63, 3.8) is 0 Å². The Morgan fingerprint density at radius 1 is 1.19 bits per heavy atom. The molecule has 0 amide bonds. The molecule has 104 valence electrons. The average molecular weight is 297 g/mol. The predicted molar refractivity (Wildman–Crippen MR) is 81.0 cm³/mol. The van der Waals surface area contributed by atoms with Gasteiger partial charge >= 0.3 is 0 Å². The summed E-state index contributed by atoms with van der Waals surface area (Å²) in [5.74, 6) is 1.23. The molecule has 4 aromatic rings. The van der Waals surface area contributed by atoms with Gasteiger partial charge in [0.2, 0.25) is 5.89 Å². The molecule has 1 aromatic carbocycles. The van der Waals surface area contributed by atoms with Crippen LogP contribution in [0.5, 0.6) is 0 Å². The summed E-state index contributed by atoms with van der Waals surface area (Å²) in [5, 5.41) is 9.09. The van der Waals surface area contributed by atoms with Crippen molar-refractivity contribution in [1.82, 2.24) is 19.6 Å². The molecule has 0 aliphatic carbocycles. The van der Waals surface area contributed by atoms with Gasteiger partial charge in [0.25, 0.3) is 0 Å². The Morgan fingerprint density at radius 2 is 2.14 bits per heavy atom. The third kappa shape index (κ3) is 2.21. The Bertz CT molecular complexity index is 929. The van der Waals surface area contributed by atoms with Gasteiger partial charge in [-0.2, -0.15) is 0 Å². The van der Waals surface area contributed by atoms with Gasteiger partial charge in [0.05, 0.1) is 5.75 Å². The molecule has 7 heteroatoms. The van der Waals surface area contributed by atoms with Crippen molar-refractivity contribution in [3.8, 4) is 0 Å². The summed E-state index contributed by atoms with van der Waals surface area (Å²) >= 11 is 1.53. The maximum Gasteiger partial charge on any atom is 0.205 e. The van der Waals surface area contributed by atoms with E-state index in [1.54, 1.807) is 6.07 Å². The highest BCUT2D eigenvalue weighted by Gasteiger charge is 2.10. The minimum atomic E-state index is 0.588. The maximum atomic E-state index is 5.73. The molecule has 21 heavy (non-hydrogen) atoms. The number of rotatable bonds is 3. The highest BCUT2D eigenvalue weighted by atomic mass is 32.2. The van der Waals surface area contributed by atoms with Crippen molar-refractivity contribution >= 4 is 34.2 Å². The lowest BCUT2D eigenvalue weighted by molar-refractivity contribution is 0.556. The lowest BCUT2D eigenvalue weighted by Gasteiger charge is -1.96. The number of pyridine rings is 1. The van der Waals surface area contributed by atoms with Gasteiger partial charge in [-0.3, -0.25) is 4.40 Å². The lowest BCUT2D eigenvalue weighted by Crippen LogP contribution is -1.87. The van der Waals surface area contributed by atoms with Crippen molar-refractivity contribution in [3.05, 3.63) is 48.5 Å². The zero-order valence-corrected chi connectivity index (χ0v) is 11.7. The fraction of sp³-hybridized carbons (Fsp3) is 0.0714. The van der Waals surface area contributed by atoms with Gasteiger partial charge in [-0.05, 0) is 24.3 Å². The van der Waals surface area contributed by atoms with Gasteiger partial charge in [-0.25, -0.2) is 4.98 Å². The van der Waals surface area contributed by atoms with Crippen molar-refractivity contribution in [1.29, 1.82) is 0 Å². The first kappa shape index (κ1) is 12.2. The molecular formula is C14H11N5OS. The molecule has 2 N–H and O–H groups in total. The third-order valence-electron chi connectivity index (χ3n) is 3.06. The van der Waals surface area contributed by atoms with E-state index in [4.69, 9.17) is 10.2 Å². The summed E-state index contributed by atoms with van der Waals surface area (Å²) in [6, 6.07) is 11.2. The standard InChI is InChI=1S/C14H11N5OS/c15-9-4-5-10-11(7-9)20-13(16-10)8-21-14-18-17-12-3-1-2-6-19(12)14/h1-7H,8,15H2. The minimum absolute atomic E-state index is 0.588. The van der Waals surface area contributed by atoms with Crippen molar-refractivity contribution in [2.24, 2.45) is 0 Å². The third-order valence-corrected chi connectivity index (χ3v) is 3.99. The topological polar surface area (TPSA) is 82.2 Å². The molecule has 0 saturated heterocycles. The number of hydrogen-bond donors (Lipinski definition) is 1. The molecule has 0 unspecified atom stereocenters. The molecule has 0 spiro atoms. The second-order valence-corrected chi connectivity index (χ2v) is 5.48. The van der Waals surface area contributed by atoms with E-state index in [0.29, 0.717) is 22.9 Å². The zero-order chi connectivity index (χ0) is 14.2. The van der Waals surface area contributed by atoms with Crippen LogP contribution >= 0.6 is 11.8 Å². The Kier molecular flexibility index (Phi) is 2.78. The van der Waals surface area contributed by atoms with Crippen LogP contribution in [0, 0.1) is 0 Å². The quantitative estimate of drug-likeness (QED) is 0.462. The first-order valence-corrected chi connectivity index (χ1v) is 7.36. The molecular weight excluding hydrogens is 286 g/mol. The number of fused-ring (bicyclic) bond motifs is 2. The minimum Gasteiger partial charge on any atom is -0.440 e. The molecule has 0 fully saturated rings. The van der Waals surface area contributed by atoms with Gasteiger partial charge in [-0.1, -0.05) is 17.8 Å². The van der Waals surface area contributed by atoms with Crippen LogP contribution in [0.15, 0.2) is 52.2 Å². The number of nitrogens with two attached hydrogens (primary N) is 1. The van der Waals surface area contributed by atoms with E-state index >= 15 is 0 Å². The summed E-state index contributed by atoms with van der Waals surface area (Å²) < 4.78 is 7.63. The molecule has 0 radical (unpaired) electrons. The molecule has 4 rings (SSSR count). The van der Waals surface area contributed by atoms with Crippen LogP contribution in [-0.2, 0) is 5.75 Å². The van der Waals surface area contributed by atoms with Crippen molar-refractivity contribution < 1.29 is 4.42 Å². The second-order valence-electron chi connectivity index (χ2n) is 4.53. The molecule has 3 heterocycles. The maximum absolute atomic E-state index is 5.73. The number of benzene rings is 1. The molecule has 0 bridgehead atoms. The number of hydrogen-bond acceptors (Lipinski definition) is 6. The van der Waals surface area contributed by atoms with Crippen LogP contribution in [-0.4, -0.2) is 19.6 Å². The normalized spacial score (nSPS) is 11.4. The summed E-state index contributed by atoms with van der Waals surface area (Å²) in [7, 11) is 0. The number of nitrogens with zero attached hydrogens (tertiary/aromatic N) is 4. The fourth-order valence-corrected chi connectivity index (χ4v) is 2.86. The van der Waals surface area contributed by atoms with Gasteiger partial charge in [-0.15, -0.1) is 10.2 Å². The Hall–Kier alpha value is -2.54. The Labute approximate surface area is 124 Å². The van der Waals surface area contributed by atoms with E-state index in [0.717, 1.165) is 16.3 Å². The van der Waals surface area contributed by atoms with Crippen LogP contribution in [0.2, 0.25) is 0 Å². The van der Waals surface area contributed by atoms with E-state index in [-0.39, 0.29) is 0 Å². The van der Waals surface area contributed by atoms with Gasteiger partial charge in [0, 0.05) is 18.0 Å². The van der Waals surface area contributed by atoms with Crippen molar-refractivity contribution in [2.75, 3.05) is 5.73 Å².